The molecule has 0 N–H and O–H groups in total. The van der Waals surface area contributed by atoms with Crippen molar-refractivity contribution >= 4 is 5.69 Å². The van der Waals surface area contributed by atoms with Gasteiger partial charge in [-0.3, -0.25) is 0 Å². The molecule has 1 rings (SSSR count). The van der Waals surface area contributed by atoms with Crippen LogP contribution in [0, 0.1) is 0 Å². The lowest BCUT2D eigenvalue weighted by Crippen LogP contribution is -2.42. The first-order valence-corrected chi connectivity index (χ1v) is 9.62. The Labute approximate surface area is 161 Å². The Morgan fingerprint density at radius 2 is 1.85 bits per heavy atom. The SMILES string of the molecule is C=C/C=C(\C=C/COC)N(c1cccc(C(C)(C)CC)c1)C(C)(C)CC. The molecule has 0 aromatic heterocycles. The summed E-state index contributed by atoms with van der Waals surface area (Å²) in [7, 11) is 1.71. The Kier molecular flexibility index (Phi) is 8.36. The molecule has 0 aliphatic rings. The molecule has 0 aliphatic carbocycles. The van der Waals surface area contributed by atoms with Gasteiger partial charge in [0.2, 0.25) is 0 Å². The number of methoxy groups -OCH3 is 1. The summed E-state index contributed by atoms with van der Waals surface area (Å²) in [6, 6.07) is 8.95. The minimum absolute atomic E-state index is 0.0266. The molecule has 1 aromatic rings. The van der Waals surface area contributed by atoms with Gasteiger partial charge in [-0.05, 0) is 62.0 Å². The van der Waals surface area contributed by atoms with Gasteiger partial charge < -0.3 is 9.64 Å². The van der Waals surface area contributed by atoms with Gasteiger partial charge in [-0.1, -0.05) is 58.6 Å². The third-order valence-corrected chi connectivity index (χ3v) is 5.34. The number of rotatable bonds is 10. The predicted octanol–water partition coefficient (Wildman–Crippen LogP) is 6.64. The van der Waals surface area contributed by atoms with Gasteiger partial charge in [0.15, 0.2) is 0 Å². The largest absolute Gasteiger partial charge is 0.381 e. The van der Waals surface area contributed by atoms with Crippen molar-refractivity contribution in [3.63, 3.8) is 0 Å². The highest BCUT2D eigenvalue weighted by atomic mass is 16.5. The summed E-state index contributed by atoms with van der Waals surface area (Å²) in [5.74, 6) is 0. The maximum Gasteiger partial charge on any atom is 0.0647 e. The molecule has 0 saturated heterocycles. The second-order valence-electron chi connectivity index (χ2n) is 7.97. The molecule has 0 fully saturated rings. The normalized spacial score (nSPS) is 13.3. The Hall–Kier alpha value is -1.80. The summed E-state index contributed by atoms with van der Waals surface area (Å²) in [6.07, 6.45) is 10.2. The maximum atomic E-state index is 5.19. The van der Waals surface area contributed by atoms with Crippen molar-refractivity contribution in [2.75, 3.05) is 18.6 Å². The summed E-state index contributed by atoms with van der Waals surface area (Å²) < 4.78 is 5.19. The molecule has 2 heteroatoms. The Balaban J connectivity index is 3.50. The van der Waals surface area contributed by atoms with Crippen molar-refractivity contribution in [3.8, 4) is 0 Å². The number of anilines is 1. The van der Waals surface area contributed by atoms with Crippen LogP contribution in [0.15, 0.2) is 60.8 Å². The van der Waals surface area contributed by atoms with Crippen molar-refractivity contribution in [1.82, 2.24) is 0 Å². The van der Waals surface area contributed by atoms with E-state index >= 15 is 0 Å². The number of hydrogen-bond donors (Lipinski definition) is 0. The molecule has 0 unspecified atom stereocenters. The van der Waals surface area contributed by atoms with Gasteiger partial charge in [0.05, 0.1) is 6.61 Å². The second kappa shape index (κ2) is 9.78. The van der Waals surface area contributed by atoms with Crippen molar-refractivity contribution in [3.05, 3.63) is 66.4 Å². The lowest BCUT2D eigenvalue weighted by molar-refractivity contribution is 0.234. The number of nitrogens with zero attached hydrogens (tertiary/aromatic N) is 1. The van der Waals surface area contributed by atoms with Gasteiger partial charge >= 0.3 is 0 Å². The fourth-order valence-electron chi connectivity index (χ4n) is 2.87. The average molecular weight is 356 g/mol. The van der Waals surface area contributed by atoms with E-state index in [4.69, 9.17) is 4.74 Å². The van der Waals surface area contributed by atoms with Gasteiger partial charge in [0.1, 0.15) is 0 Å². The number of ether oxygens (including phenoxy) is 1. The lowest BCUT2D eigenvalue weighted by Gasteiger charge is -2.41. The Morgan fingerprint density at radius 1 is 1.15 bits per heavy atom. The predicted molar refractivity (Wildman–Crippen MR) is 116 cm³/mol. The van der Waals surface area contributed by atoms with E-state index in [1.807, 2.05) is 12.2 Å². The van der Waals surface area contributed by atoms with Gasteiger partial charge in [-0.15, -0.1) is 0 Å². The van der Waals surface area contributed by atoms with E-state index in [-0.39, 0.29) is 11.0 Å². The maximum absolute atomic E-state index is 5.19. The monoisotopic (exact) mass is 355 g/mol. The fourth-order valence-corrected chi connectivity index (χ4v) is 2.87. The van der Waals surface area contributed by atoms with Gasteiger partial charge in [-0.2, -0.15) is 0 Å². The molecule has 0 bridgehead atoms. The Morgan fingerprint density at radius 3 is 2.38 bits per heavy atom. The van der Waals surface area contributed by atoms with E-state index in [1.165, 1.54) is 11.3 Å². The van der Waals surface area contributed by atoms with Crippen LogP contribution in [0.3, 0.4) is 0 Å². The highest BCUT2D eigenvalue weighted by Crippen LogP contribution is 2.35. The van der Waals surface area contributed by atoms with E-state index in [1.54, 1.807) is 7.11 Å². The molecule has 0 radical (unpaired) electrons. The van der Waals surface area contributed by atoms with Crippen molar-refractivity contribution in [2.24, 2.45) is 0 Å². The number of hydrogen-bond acceptors (Lipinski definition) is 2. The van der Waals surface area contributed by atoms with Crippen LogP contribution in [0.1, 0.15) is 59.9 Å². The molecule has 0 saturated carbocycles. The van der Waals surface area contributed by atoms with E-state index in [0.717, 1.165) is 18.5 Å². The van der Waals surface area contributed by atoms with Gasteiger partial charge in [-0.25, -0.2) is 0 Å². The van der Waals surface area contributed by atoms with Crippen LogP contribution in [0.25, 0.3) is 0 Å². The molecule has 1 aromatic carbocycles. The zero-order valence-corrected chi connectivity index (χ0v) is 17.8. The number of benzene rings is 1. The van der Waals surface area contributed by atoms with Crippen molar-refractivity contribution in [1.29, 1.82) is 0 Å². The molecule has 0 amide bonds. The van der Waals surface area contributed by atoms with E-state index in [2.05, 4.69) is 89.4 Å². The minimum atomic E-state index is -0.0266. The molecule has 0 heterocycles. The molecule has 26 heavy (non-hydrogen) atoms. The van der Waals surface area contributed by atoms with E-state index in [0.29, 0.717) is 6.61 Å². The van der Waals surface area contributed by atoms with Crippen LogP contribution in [-0.4, -0.2) is 19.3 Å². The summed E-state index contributed by atoms with van der Waals surface area (Å²) >= 11 is 0. The van der Waals surface area contributed by atoms with Crippen LogP contribution < -0.4 is 4.90 Å². The first-order valence-electron chi connectivity index (χ1n) is 9.62. The first-order chi connectivity index (χ1) is 12.2. The molecule has 0 spiro atoms. The summed E-state index contributed by atoms with van der Waals surface area (Å²) in [4.78, 5) is 2.41. The fraction of sp³-hybridized carbons (Fsp3) is 0.500. The average Bonchev–Trinajstić information content (AvgIpc) is 2.62. The number of allylic oxidation sites excluding steroid dienone is 3. The van der Waals surface area contributed by atoms with Crippen molar-refractivity contribution in [2.45, 2.75) is 65.3 Å². The molecule has 2 nitrogen and oxygen atoms in total. The molecule has 0 aliphatic heterocycles. The second-order valence-corrected chi connectivity index (χ2v) is 7.97. The summed E-state index contributed by atoms with van der Waals surface area (Å²) in [5, 5.41) is 0. The minimum Gasteiger partial charge on any atom is -0.381 e. The zero-order valence-electron chi connectivity index (χ0n) is 17.8. The standard InChI is InChI=1S/C24H37NO/c1-9-14-21(17-13-18-26-8)25(24(6,7)11-3)22-16-12-15-20(19-22)23(4,5)10-2/h9,12-17,19H,1,10-11,18H2,2-8H3/b17-13-,21-14+. The first kappa shape index (κ1) is 22.2. The van der Waals surface area contributed by atoms with Crippen LogP contribution in [-0.2, 0) is 10.2 Å². The Bertz CT molecular complexity index is 637. The third kappa shape index (κ3) is 5.60. The molecule has 0 atom stereocenters. The summed E-state index contributed by atoms with van der Waals surface area (Å²) in [5.41, 5.74) is 3.84. The van der Waals surface area contributed by atoms with Gasteiger partial charge in [0.25, 0.3) is 0 Å². The molecule has 144 valence electrons. The third-order valence-electron chi connectivity index (χ3n) is 5.34. The van der Waals surface area contributed by atoms with Crippen LogP contribution in [0.2, 0.25) is 0 Å². The quantitative estimate of drug-likeness (QED) is 0.436. The molecular weight excluding hydrogens is 318 g/mol. The highest BCUT2D eigenvalue weighted by molar-refractivity contribution is 5.59. The van der Waals surface area contributed by atoms with Crippen molar-refractivity contribution < 1.29 is 4.74 Å². The lowest BCUT2D eigenvalue weighted by atomic mass is 9.82. The van der Waals surface area contributed by atoms with Crippen LogP contribution in [0.5, 0.6) is 0 Å². The van der Waals surface area contributed by atoms with Crippen LogP contribution in [0.4, 0.5) is 5.69 Å². The van der Waals surface area contributed by atoms with E-state index in [9.17, 15) is 0 Å². The zero-order chi connectivity index (χ0) is 19.8. The molecular formula is C24H37NO. The van der Waals surface area contributed by atoms with Crippen LogP contribution >= 0.6 is 0 Å². The van der Waals surface area contributed by atoms with E-state index < -0.39 is 0 Å². The highest BCUT2D eigenvalue weighted by Gasteiger charge is 2.28. The topological polar surface area (TPSA) is 12.5 Å². The smallest absolute Gasteiger partial charge is 0.0647 e. The van der Waals surface area contributed by atoms with Gasteiger partial charge in [0, 0.05) is 24.0 Å². The summed E-state index contributed by atoms with van der Waals surface area (Å²) in [6.45, 7) is 18.2.